The molecule has 2 aromatic heterocycles. The monoisotopic (exact) mass is 291 g/mol. The number of imidazole rings is 1. The van der Waals surface area contributed by atoms with Gasteiger partial charge in [-0.1, -0.05) is 0 Å². The van der Waals surface area contributed by atoms with E-state index < -0.39 is 11.6 Å². The van der Waals surface area contributed by atoms with Crippen LogP contribution in [0.4, 0.5) is 8.78 Å². The summed E-state index contributed by atoms with van der Waals surface area (Å²) in [4.78, 5) is 8.32. The van der Waals surface area contributed by atoms with Crippen LogP contribution in [0.25, 0.3) is 17.0 Å². The van der Waals surface area contributed by atoms with Crippen LogP contribution in [-0.4, -0.2) is 28.6 Å². The van der Waals surface area contributed by atoms with Crippen LogP contribution >= 0.6 is 0 Å². The number of halogens is 2. The largest absolute Gasteiger partial charge is 0.482 e. The molecule has 0 saturated heterocycles. The van der Waals surface area contributed by atoms with Crippen molar-refractivity contribution < 1.29 is 18.3 Å². The van der Waals surface area contributed by atoms with E-state index in [0.717, 1.165) is 18.2 Å². The lowest BCUT2D eigenvalue weighted by Crippen LogP contribution is -1.97. The lowest BCUT2D eigenvalue weighted by atomic mass is 10.1. The van der Waals surface area contributed by atoms with Crippen LogP contribution in [0.3, 0.4) is 0 Å². The second-order valence-corrected chi connectivity index (χ2v) is 4.26. The molecule has 0 radical (unpaired) electrons. The second kappa shape index (κ2) is 5.01. The number of methoxy groups -OCH3 is 2. The highest BCUT2D eigenvalue weighted by Gasteiger charge is 2.14. The fourth-order valence-electron chi connectivity index (χ4n) is 2.00. The molecular weight excluding hydrogens is 280 g/mol. The van der Waals surface area contributed by atoms with E-state index in [1.165, 1.54) is 24.8 Å². The molecule has 1 aromatic carbocycles. The van der Waals surface area contributed by atoms with Crippen molar-refractivity contribution in [3.63, 3.8) is 0 Å². The molecule has 3 rings (SSSR count). The lowest BCUT2D eigenvalue weighted by molar-refractivity contribution is 0.369. The van der Waals surface area contributed by atoms with Crippen molar-refractivity contribution in [2.75, 3.05) is 14.2 Å². The molecule has 0 amide bonds. The predicted molar refractivity (Wildman–Crippen MR) is 71.4 cm³/mol. The number of hydrogen-bond donors (Lipinski definition) is 0. The fourth-order valence-corrected chi connectivity index (χ4v) is 2.00. The summed E-state index contributed by atoms with van der Waals surface area (Å²) in [6.07, 6.45) is 1.53. The third-order valence-corrected chi connectivity index (χ3v) is 3.00. The van der Waals surface area contributed by atoms with Gasteiger partial charge in [0.2, 0.25) is 17.5 Å². The molecule has 0 aliphatic rings. The normalized spacial score (nSPS) is 10.9. The first-order valence-corrected chi connectivity index (χ1v) is 6.06. The van der Waals surface area contributed by atoms with Crippen molar-refractivity contribution in [3.05, 3.63) is 42.1 Å². The van der Waals surface area contributed by atoms with Crippen molar-refractivity contribution in [1.82, 2.24) is 14.4 Å². The highest BCUT2D eigenvalue weighted by molar-refractivity contribution is 5.63. The third-order valence-electron chi connectivity index (χ3n) is 3.00. The average Bonchev–Trinajstić information content (AvgIpc) is 2.92. The maximum absolute atomic E-state index is 13.8. The van der Waals surface area contributed by atoms with Gasteiger partial charge in [0, 0.05) is 11.8 Å². The van der Waals surface area contributed by atoms with E-state index in [-0.39, 0.29) is 17.0 Å². The summed E-state index contributed by atoms with van der Waals surface area (Å²) in [7, 11) is 2.95. The molecule has 0 bridgehead atoms. The second-order valence-electron chi connectivity index (χ2n) is 4.26. The minimum Gasteiger partial charge on any atom is -0.482 e. The van der Waals surface area contributed by atoms with E-state index in [1.807, 2.05) is 0 Å². The van der Waals surface area contributed by atoms with Gasteiger partial charge in [-0.2, -0.15) is 4.98 Å². The zero-order valence-electron chi connectivity index (χ0n) is 11.3. The number of aromatic nitrogens is 3. The third kappa shape index (κ3) is 2.26. The summed E-state index contributed by atoms with van der Waals surface area (Å²) in [5.41, 5.74) is 0.313. The molecule has 5 nitrogen and oxygen atoms in total. The molecule has 21 heavy (non-hydrogen) atoms. The maximum Gasteiger partial charge on any atom is 0.240 e. The molecule has 2 heterocycles. The van der Waals surface area contributed by atoms with E-state index in [4.69, 9.17) is 9.47 Å². The quantitative estimate of drug-likeness (QED) is 0.744. The molecule has 0 aliphatic carbocycles. The Balaban J connectivity index is 2.23. The fraction of sp³-hybridized carbons (Fsp3) is 0.143. The predicted octanol–water partition coefficient (Wildman–Crippen LogP) is 2.69. The average molecular weight is 291 g/mol. The topological polar surface area (TPSA) is 48.7 Å². The Hall–Kier alpha value is -2.70. The van der Waals surface area contributed by atoms with Gasteiger partial charge in [0.1, 0.15) is 11.6 Å². The molecule has 0 N–H and O–H groups in total. The van der Waals surface area contributed by atoms with E-state index in [9.17, 15) is 8.78 Å². The molecule has 0 atom stereocenters. The Kier molecular flexibility index (Phi) is 3.17. The summed E-state index contributed by atoms with van der Waals surface area (Å²) in [6, 6.07) is 4.76. The number of benzene rings is 1. The molecule has 0 unspecified atom stereocenters. The molecule has 7 heteroatoms. The van der Waals surface area contributed by atoms with Gasteiger partial charge in [0.25, 0.3) is 0 Å². The minimum atomic E-state index is -0.564. The maximum atomic E-state index is 13.8. The lowest BCUT2D eigenvalue weighted by Gasteiger charge is -2.04. The zero-order chi connectivity index (χ0) is 15.0. The van der Waals surface area contributed by atoms with Crippen molar-refractivity contribution in [2.24, 2.45) is 0 Å². The SMILES string of the molecule is COc1cc(OC)n2cc(-c3cc(F)ccc3F)nc2n1. The van der Waals surface area contributed by atoms with Crippen molar-refractivity contribution in [3.8, 4) is 23.0 Å². The highest BCUT2D eigenvalue weighted by atomic mass is 19.1. The molecule has 0 aliphatic heterocycles. The first kappa shape index (κ1) is 13.3. The van der Waals surface area contributed by atoms with Gasteiger partial charge in [-0.25, -0.2) is 13.8 Å². The molecule has 108 valence electrons. The van der Waals surface area contributed by atoms with E-state index >= 15 is 0 Å². The van der Waals surface area contributed by atoms with Crippen LogP contribution in [0.15, 0.2) is 30.5 Å². The first-order valence-electron chi connectivity index (χ1n) is 6.06. The van der Waals surface area contributed by atoms with Gasteiger partial charge in [-0.3, -0.25) is 4.40 Å². The van der Waals surface area contributed by atoms with Gasteiger partial charge >= 0.3 is 0 Å². The smallest absolute Gasteiger partial charge is 0.240 e. The Morgan fingerprint density at radius 3 is 2.57 bits per heavy atom. The summed E-state index contributed by atoms with van der Waals surface area (Å²) < 4.78 is 38.9. The van der Waals surface area contributed by atoms with E-state index in [1.54, 1.807) is 6.07 Å². The van der Waals surface area contributed by atoms with Crippen LogP contribution in [0.2, 0.25) is 0 Å². The van der Waals surface area contributed by atoms with Gasteiger partial charge in [0.05, 0.1) is 26.0 Å². The standard InChI is InChI=1S/C14H11F2N3O2/c1-20-12-6-13(21-2)19-7-11(17-14(19)18-12)9-5-8(15)3-4-10(9)16/h3-7H,1-2H3. The van der Waals surface area contributed by atoms with E-state index in [2.05, 4.69) is 9.97 Å². The van der Waals surface area contributed by atoms with E-state index in [0.29, 0.717) is 11.8 Å². The number of fused-ring (bicyclic) bond motifs is 1. The van der Waals surface area contributed by atoms with Crippen LogP contribution in [-0.2, 0) is 0 Å². The van der Waals surface area contributed by atoms with Crippen LogP contribution in [0.5, 0.6) is 11.8 Å². The van der Waals surface area contributed by atoms with Crippen LogP contribution in [0, 0.1) is 11.6 Å². The summed E-state index contributed by atoms with van der Waals surface area (Å²) in [5.74, 6) is -0.0971. The number of nitrogens with zero attached hydrogens (tertiary/aromatic N) is 3. The number of ether oxygens (including phenoxy) is 2. The summed E-state index contributed by atoms with van der Waals surface area (Å²) in [6.45, 7) is 0. The highest BCUT2D eigenvalue weighted by Crippen LogP contribution is 2.26. The molecule has 0 saturated carbocycles. The number of rotatable bonds is 3. The van der Waals surface area contributed by atoms with Gasteiger partial charge < -0.3 is 9.47 Å². The van der Waals surface area contributed by atoms with Gasteiger partial charge in [-0.15, -0.1) is 0 Å². The minimum absolute atomic E-state index is 0.0570. The Morgan fingerprint density at radius 1 is 1.05 bits per heavy atom. The van der Waals surface area contributed by atoms with Crippen molar-refractivity contribution in [1.29, 1.82) is 0 Å². The van der Waals surface area contributed by atoms with Crippen LogP contribution in [0.1, 0.15) is 0 Å². The Bertz CT molecular complexity index is 817. The Labute approximate surface area is 118 Å². The van der Waals surface area contributed by atoms with Gasteiger partial charge in [0.15, 0.2) is 0 Å². The summed E-state index contributed by atoms with van der Waals surface area (Å²) in [5, 5.41) is 0. The Morgan fingerprint density at radius 2 is 1.86 bits per heavy atom. The number of hydrogen-bond acceptors (Lipinski definition) is 4. The van der Waals surface area contributed by atoms with Gasteiger partial charge in [-0.05, 0) is 18.2 Å². The molecule has 0 fully saturated rings. The molecular formula is C14H11F2N3O2. The molecule has 0 spiro atoms. The molecule has 3 aromatic rings. The first-order chi connectivity index (χ1) is 10.1. The van der Waals surface area contributed by atoms with Crippen molar-refractivity contribution >= 4 is 5.78 Å². The van der Waals surface area contributed by atoms with Crippen molar-refractivity contribution in [2.45, 2.75) is 0 Å². The summed E-state index contributed by atoms with van der Waals surface area (Å²) >= 11 is 0. The van der Waals surface area contributed by atoms with Crippen LogP contribution < -0.4 is 9.47 Å². The zero-order valence-corrected chi connectivity index (χ0v) is 11.3.